The Morgan fingerprint density at radius 2 is 2.00 bits per heavy atom. The topological polar surface area (TPSA) is 46.0 Å². The van der Waals surface area contributed by atoms with Crippen LogP contribution in [-0.4, -0.2) is 21.7 Å². The molecule has 0 aliphatic heterocycles. The van der Waals surface area contributed by atoms with Crippen LogP contribution in [0.1, 0.15) is 31.4 Å². The van der Waals surface area contributed by atoms with Gasteiger partial charge in [-0.15, -0.1) is 0 Å². The van der Waals surface area contributed by atoms with Gasteiger partial charge in [-0.3, -0.25) is 4.98 Å². The highest BCUT2D eigenvalue weighted by atomic mass is 16.2. The van der Waals surface area contributed by atoms with Crippen LogP contribution in [0.5, 0.6) is 0 Å². The molecule has 1 aromatic carbocycles. The van der Waals surface area contributed by atoms with Crippen LogP contribution in [0.3, 0.4) is 0 Å². The van der Waals surface area contributed by atoms with E-state index in [0.717, 1.165) is 29.6 Å². The Labute approximate surface area is 95.2 Å². The average Bonchev–Trinajstić information content (AvgIpc) is 2.35. The van der Waals surface area contributed by atoms with Gasteiger partial charge in [0.1, 0.15) is 0 Å². The van der Waals surface area contributed by atoms with Crippen molar-refractivity contribution in [3.8, 4) is 0 Å². The molecule has 0 saturated carbocycles. The molecule has 0 amide bonds. The Bertz CT molecular complexity index is 470. The minimum absolute atomic E-state index is 0.241. The largest absolute Gasteiger partial charge is 0.396 e. The van der Waals surface area contributed by atoms with Gasteiger partial charge in [0, 0.05) is 18.7 Å². The highest BCUT2D eigenvalue weighted by Gasteiger charge is 2.07. The van der Waals surface area contributed by atoms with Gasteiger partial charge in [-0.1, -0.05) is 19.1 Å². The Hall–Kier alpha value is -1.48. The minimum Gasteiger partial charge on any atom is -0.396 e. The number of para-hydroxylation sites is 2. The first-order chi connectivity index (χ1) is 7.81. The zero-order valence-corrected chi connectivity index (χ0v) is 9.43. The monoisotopic (exact) mass is 216 g/mol. The molecule has 1 unspecified atom stereocenters. The van der Waals surface area contributed by atoms with Gasteiger partial charge < -0.3 is 5.11 Å². The van der Waals surface area contributed by atoms with Crippen molar-refractivity contribution < 1.29 is 5.11 Å². The Morgan fingerprint density at radius 3 is 2.75 bits per heavy atom. The van der Waals surface area contributed by atoms with Crippen LogP contribution in [-0.2, 0) is 0 Å². The fourth-order valence-electron chi connectivity index (χ4n) is 1.75. The summed E-state index contributed by atoms with van der Waals surface area (Å²) >= 11 is 0. The summed E-state index contributed by atoms with van der Waals surface area (Å²) < 4.78 is 0. The van der Waals surface area contributed by atoms with Crippen molar-refractivity contribution >= 4 is 11.0 Å². The summed E-state index contributed by atoms with van der Waals surface area (Å²) in [6.07, 6.45) is 3.60. The summed E-state index contributed by atoms with van der Waals surface area (Å²) in [6, 6.07) is 7.88. The Balaban J connectivity index is 2.25. The Kier molecular flexibility index (Phi) is 3.47. The summed E-state index contributed by atoms with van der Waals surface area (Å²) in [6.45, 7) is 2.36. The second-order valence-electron chi connectivity index (χ2n) is 4.05. The van der Waals surface area contributed by atoms with Gasteiger partial charge in [0.2, 0.25) is 0 Å². The first-order valence-electron chi connectivity index (χ1n) is 5.64. The lowest BCUT2D eigenvalue weighted by atomic mass is 10.0. The highest BCUT2D eigenvalue weighted by Crippen LogP contribution is 2.19. The molecule has 1 atom stereocenters. The van der Waals surface area contributed by atoms with Gasteiger partial charge in [-0.2, -0.15) is 0 Å². The number of hydrogen-bond acceptors (Lipinski definition) is 3. The van der Waals surface area contributed by atoms with Gasteiger partial charge in [-0.25, -0.2) is 4.98 Å². The zero-order valence-electron chi connectivity index (χ0n) is 9.43. The van der Waals surface area contributed by atoms with E-state index in [4.69, 9.17) is 5.11 Å². The molecular formula is C13H16N2O. The number of aromatic nitrogens is 2. The lowest BCUT2D eigenvalue weighted by Crippen LogP contribution is -2.00. The van der Waals surface area contributed by atoms with Crippen LogP contribution in [0.2, 0.25) is 0 Å². The summed E-state index contributed by atoms with van der Waals surface area (Å²) in [5, 5.41) is 8.80. The molecule has 3 heteroatoms. The molecule has 0 fully saturated rings. The number of rotatable bonds is 4. The summed E-state index contributed by atoms with van der Waals surface area (Å²) in [4.78, 5) is 8.97. The molecule has 2 aromatic rings. The van der Waals surface area contributed by atoms with Crippen molar-refractivity contribution in [2.24, 2.45) is 0 Å². The molecule has 1 N–H and O–H groups in total. The fourth-order valence-corrected chi connectivity index (χ4v) is 1.75. The second kappa shape index (κ2) is 5.03. The van der Waals surface area contributed by atoms with Crippen molar-refractivity contribution in [2.45, 2.75) is 25.7 Å². The van der Waals surface area contributed by atoms with E-state index in [1.54, 1.807) is 0 Å². The van der Waals surface area contributed by atoms with E-state index >= 15 is 0 Å². The van der Waals surface area contributed by atoms with Crippen molar-refractivity contribution in [3.63, 3.8) is 0 Å². The Morgan fingerprint density at radius 1 is 1.25 bits per heavy atom. The molecule has 0 aliphatic carbocycles. The third kappa shape index (κ3) is 2.36. The molecule has 84 valence electrons. The lowest BCUT2D eigenvalue weighted by molar-refractivity contribution is 0.280. The van der Waals surface area contributed by atoms with Crippen molar-refractivity contribution in [3.05, 3.63) is 36.2 Å². The third-order valence-corrected chi connectivity index (χ3v) is 2.77. The average molecular weight is 216 g/mol. The third-order valence-electron chi connectivity index (χ3n) is 2.77. The van der Waals surface area contributed by atoms with Crippen LogP contribution in [0.25, 0.3) is 11.0 Å². The fraction of sp³-hybridized carbons (Fsp3) is 0.385. The molecule has 0 spiro atoms. The van der Waals surface area contributed by atoms with E-state index < -0.39 is 0 Å². The maximum absolute atomic E-state index is 8.80. The maximum Gasteiger partial charge on any atom is 0.0890 e. The molecule has 0 aliphatic rings. The minimum atomic E-state index is 0.241. The molecule has 0 bridgehead atoms. The maximum atomic E-state index is 8.80. The standard InChI is InChI=1S/C13H16N2O/c1-10(5-4-8-16)13-9-14-11-6-2-3-7-12(11)15-13/h2-3,6-7,9-10,16H,4-5,8H2,1H3. The first-order valence-corrected chi connectivity index (χ1v) is 5.64. The van der Waals surface area contributed by atoms with E-state index in [1.807, 2.05) is 30.5 Å². The molecule has 1 heterocycles. The van der Waals surface area contributed by atoms with Crippen molar-refractivity contribution in [2.75, 3.05) is 6.61 Å². The molecule has 16 heavy (non-hydrogen) atoms. The van der Waals surface area contributed by atoms with E-state index in [2.05, 4.69) is 16.9 Å². The first kappa shape index (κ1) is 11.0. The van der Waals surface area contributed by atoms with Crippen molar-refractivity contribution in [1.82, 2.24) is 9.97 Å². The molecule has 0 saturated heterocycles. The van der Waals surface area contributed by atoms with E-state index in [-0.39, 0.29) is 6.61 Å². The number of fused-ring (bicyclic) bond motifs is 1. The number of hydrogen-bond donors (Lipinski definition) is 1. The quantitative estimate of drug-likeness (QED) is 0.854. The lowest BCUT2D eigenvalue weighted by Gasteiger charge is -2.09. The second-order valence-corrected chi connectivity index (χ2v) is 4.05. The van der Waals surface area contributed by atoms with Crippen LogP contribution in [0.4, 0.5) is 0 Å². The highest BCUT2D eigenvalue weighted by molar-refractivity contribution is 5.73. The summed E-state index contributed by atoms with van der Waals surface area (Å²) in [5.74, 6) is 0.351. The zero-order chi connectivity index (χ0) is 11.4. The predicted octanol–water partition coefficient (Wildman–Crippen LogP) is 2.51. The van der Waals surface area contributed by atoms with Gasteiger partial charge in [0.25, 0.3) is 0 Å². The van der Waals surface area contributed by atoms with Crippen LogP contribution in [0.15, 0.2) is 30.5 Å². The van der Waals surface area contributed by atoms with Gasteiger partial charge in [0.15, 0.2) is 0 Å². The predicted molar refractivity (Wildman–Crippen MR) is 64.3 cm³/mol. The smallest absolute Gasteiger partial charge is 0.0890 e. The number of nitrogens with zero attached hydrogens (tertiary/aromatic N) is 2. The summed E-state index contributed by atoms with van der Waals surface area (Å²) in [7, 11) is 0. The van der Waals surface area contributed by atoms with Crippen LogP contribution < -0.4 is 0 Å². The molecule has 2 rings (SSSR count). The SMILES string of the molecule is CC(CCCO)c1cnc2ccccc2n1. The van der Waals surface area contributed by atoms with Crippen LogP contribution >= 0.6 is 0 Å². The van der Waals surface area contributed by atoms with E-state index in [0.29, 0.717) is 5.92 Å². The molecule has 0 radical (unpaired) electrons. The van der Waals surface area contributed by atoms with Gasteiger partial charge >= 0.3 is 0 Å². The number of aliphatic hydroxyl groups is 1. The number of aliphatic hydroxyl groups excluding tert-OH is 1. The van der Waals surface area contributed by atoms with E-state index in [1.165, 1.54) is 0 Å². The normalized spacial score (nSPS) is 12.9. The molecular weight excluding hydrogens is 200 g/mol. The summed E-state index contributed by atoms with van der Waals surface area (Å²) in [5.41, 5.74) is 2.88. The van der Waals surface area contributed by atoms with Gasteiger partial charge in [-0.05, 0) is 25.0 Å². The van der Waals surface area contributed by atoms with Crippen LogP contribution in [0, 0.1) is 0 Å². The van der Waals surface area contributed by atoms with Crippen molar-refractivity contribution in [1.29, 1.82) is 0 Å². The van der Waals surface area contributed by atoms with Gasteiger partial charge in [0.05, 0.1) is 16.7 Å². The van der Waals surface area contributed by atoms with E-state index in [9.17, 15) is 0 Å². The molecule has 3 nitrogen and oxygen atoms in total. The number of benzene rings is 1. The molecule has 1 aromatic heterocycles.